The van der Waals surface area contributed by atoms with E-state index in [1.807, 2.05) is 68.5 Å². The van der Waals surface area contributed by atoms with Gasteiger partial charge in [0, 0.05) is 109 Å². The summed E-state index contributed by atoms with van der Waals surface area (Å²) in [6.45, 7) is 20.8. The standard InChI is InChI=1S/C38H51F5O8.C23H28O5.C17H25F5O3.C2H6.CH3.Pd/c1-5-48-35(45)31(13-12-22-37(39,40)38(41,42)43)33(44)15-11-9-7-6-8-10-14-32-30-21-20-29(51-26-47-4)23-34(30)49-24-36(32,2)27-16-18-28(19-17-27)50-25-46-3;1-5-6-21-20-12-11-19(28-16-25-4)13-22(20)26-14-23(21,2)17-7-9-18(10-8-17)27-15-24-3;1-3-5-6-7-8-11-14(23)13(15(24)25-4-2)10-9-12-16(18,19)17(20,21)22;1-2;;/h16-21,23,31-32H,5-15,22,24-26H2,1-4H3;5,7-13,21H,1,6,14-16H2,2-4H3;3,13H,1,4-12H2,2H3;1-2H3;1H3;/q;;;;-1;/t31?,32-,36-;21-,23-;;;;/m11..../s1. The van der Waals surface area contributed by atoms with Crippen LogP contribution >= 0.6 is 0 Å². The molecule has 27 heteroatoms. The van der Waals surface area contributed by atoms with E-state index in [4.69, 9.17) is 56.8 Å². The summed E-state index contributed by atoms with van der Waals surface area (Å²) in [6.07, 6.45) is -2.97. The molecule has 0 aromatic heterocycles. The Labute approximate surface area is 645 Å². The van der Waals surface area contributed by atoms with Gasteiger partial charge in [0.1, 0.15) is 57.9 Å². The Morgan fingerprint density at radius 2 is 0.833 bits per heavy atom. The molecule has 0 radical (unpaired) electrons. The number of hydrogen-bond donors (Lipinski definition) is 0. The van der Waals surface area contributed by atoms with Crippen molar-refractivity contribution in [2.24, 2.45) is 11.8 Å². The summed E-state index contributed by atoms with van der Waals surface area (Å²) >= 11 is 0. The molecule has 2 heterocycles. The van der Waals surface area contributed by atoms with E-state index in [0.29, 0.717) is 44.0 Å². The molecule has 2 aliphatic heterocycles. The van der Waals surface area contributed by atoms with Crippen LogP contribution in [-0.4, -0.2) is 130 Å². The average Bonchev–Trinajstić information content (AvgIpc) is 0.758. The topological polar surface area (TPSA) is 179 Å². The summed E-state index contributed by atoms with van der Waals surface area (Å²) in [5, 5.41) is 0. The zero-order valence-electron chi connectivity index (χ0n) is 64.4. The second-order valence-electron chi connectivity index (χ2n) is 26.0. The number of unbranched alkanes of at least 4 members (excludes halogenated alkanes) is 8. The number of hydrogen-bond acceptors (Lipinski definition) is 16. The maximum Gasteiger partial charge on any atom is 0.453 e. The predicted octanol–water partition coefficient (Wildman–Crippen LogP) is 20.7. The van der Waals surface area contributed by atoms with E-state index in [1.54, 1.807) is 34.5 Å². The van der Waals surface area contributed by atoms with Crippen molar-refractivity contribution < 1.29 is 140 Å². The number of methoxy groups -OCH3 is 4. The summed E-state index contributed by atoms with van der Waals surface area (Å²) in [5.41, 5.74) is 4.09. The maximum atomic E-state index is 13.3. The Bertz CT molecular complexity index is 3230. The predicted molar refractivity (Wildman–Crippen MR) is 390 cm³/mol. The Morgan fingerprint density at radius 1 is 0.491 bits per heavy atom. The van der Waals surface area contributed by atoms with Gasteiger partial charge in [-0.05, 0) is 137 Å². The molecule has 614 valence electrons. The summed E-state index contributed by atoms with van der Waals surface area (Å²) in [7, 11) is 6.34. The molecule has 0 amide bonds. The van der Waals surface area contributed by atoms with Gasteiger partial charge < -0.3 is 64.3 Å². The van der Waals surface area contributed by atoms with Gasteiger partial charge in [-0.1, -0.05) is 115 Å². The summed E-state index contributed by atoms with van der Waals surface area (Å²) in [6, 6.07) is 28.0. The van der Waals surface area contributed by atoms with E-state index in [0.717, 1.165) is 97.5 Å². The van der Waals surface area contributed by atoms with Gasteiger partial charge in [0.25, 0.3) is 0 Å². The molecule has 2 unspecified atom stereocenters. The number of fused-ring (bicyclic) bond motifs is 2. The second-order valence-corrected chi connectivity index (χ2v) is 26.0. The van der Waals surface area contributed by atoms with Crippen LogP contribution in [0.2, 0.25) is 0 Å². The number of benzene rings is 4. The number of Topliss-reactive ketones (excluding diaryl/α,β-unsaturated/α-hetero) is 2. The molecule has 108 heavy (non-hydrogen) atoms. The van der Waals surface area contributed by atoms with E-state index >= 15 is 0 Å². The van der Waals surface area contributed by atoms with Gasteiger partial charge in [0.2, 0.25) is 0 Å². The molecule has 4 aromatic rings. The normalized spacial score (nSPS) is 17.0. The molecular formula is C81H113F10O16Pd-. The molecule has 4 aromatic carbocycles. The van der Waals surface area contributed by atoms with Gasteiger partial charge in [0.15, 0.2) is 27.2 Å². The van der Waals surface area contributed by atoms with Gasteiger partial charge in [-0.25, -0.2) is 0 Å². The number of halogens is 10. The number of ether oxygens (including phenoxy) is 12. The van der Waals surface area contributed by atoms with E-state index in [1.165, 1.54) is 19.4 Å². The minimum atomic E-state index is -5.68. The fourth-order valence-corrected chi connectivity index (χ4v) is 12.5. The Hall–Kier alpha value is -6.76. The fraction of sp³-hybridized carbons (Fsp3) is 0.593. The molecule has 0 aliphatic carbocycles. The number of carbonyl (C=O) groups is 4. The first-order valence-corrected chi connectivity index (χ1v) is 36.2. The zero-order valence-corrected chi connectivity index (χ0v) is 65.9. The number of allylic oxidation sites excluding steroid dienone is 2. The van der Waals surface area contributed by atoms with E-state index in [9.17, 15) is 63.1 Å². The fourth-order valence-electron chi connectivity index (χ4n) is 12.5. The molecular weight excluding hydrogens is 1530 g/mol. The number of alkyl halides is 10. The van der Waals surface area contributed by atoms with Crippen molar-refractivity contribution in [2.45, 2.75) is 217 Å². The van der Waals surface area contributed by atoms with Crippen molar-refractivity contribution in [2.75, 3.05) is 82.0 Å². The molecule has 6 atom stereocenters. The Kier molecular flexibility index (Phi) is 46.8. The van der Waals surface area contributed by atoms with E-state index in [-0.39, 0.29) is 110 Å². The van der Waals surface area contributed by atoms with Crippen LogP contribution in [0.1, 0.15) is 204 Å². The molecule has 0 saturated carbocycles. The number of ketones is 2. The second kappa shape index (κ2) is 50.9. The van der Waals surface area contributed by atoms with Crippen LogP contribution in [0.5, 0.6) is 34.5 Å². The monoisotopic (exact) mass is 1640 g/mol. The van der Waals surface area contributed by atoms with E-state index in [2.05, 4.69) is 63.4 Å². The molecule has 6 rings (SSSR count). The first-order valence-electron chi connectivity index (χ1n) is 36.2. The van der Waals surface area contributed by atoms with Crippen molar-refractivity contribution in [1.82, 2.24) is 0 Å². The average molecular weight is 1640 g/mol. The van der Waals surface area contributed by atoms with Crippen LogP contribution < -0.4 is 28.4 Å². The number of esters is 2. The van der Waals surface area contributed by atoms with Gasteiger partial charge in [-0.15, -0.1) is 13.2 Å². The molecule has 16 nitrogen and oxygen atoms in total. The third-order valence-corrected chi connectivity index (χ3v) is 18.3. The molecule has 0 spiro atoms. The van der Waals surface area contributed by atoms with Crippen LogP contribution in [0.4, 0.5) is 43.9 Å². The zero-order chi connectivity index (χ0) is 79.0. The summed E-state index contributed by atoms with van der Waals surface area (Å²) in [4.78, 5) is 49.0. The van der Waals surface area contributed by atoms with Crippen LogP contribution in [0, 0.1) is 19.3 Å². The van der Waals surface area contributed by atoms with Crippen molar-refractivity contribution in [3.63, 3.8) is 0 Å². The molecule has 2 aliphatic rings. The van der Waals surface area contributed by atoms with Crippen molar-refractivity contribution in [3.8, 4) is 34.5 Å². The van der Waals surface area contributed by atoms with E-state index < -0.39 is 91.6 Å². The Balaban J connectivity index is 0.000000866. The molecule has 0 fully saturated rings. The van der Waals surface area contributed by atoms with Crippen LogP contribution in [0.3, 0.4) is 0 Å². The number of rotatable bonds is 45. The molecule has 0 bridgehead atoms. The maximum absolute atomic E-state index is 13.3. The molecule has 0 N–H and O–H groups in total. The summed E-state index contributed by atoms with van der Waals surface area (Å²) in [5.74, 6) is -10.1. The van der Waals surface area contributed by atoms with Crippen LogP contribution in [0.15, 0.2) is 110 Å². The third kappa shape index (κ3) is 31.5. The van der Waals surface area contributed by atoms with Gasteiger partial charge in [-0.3, -0.25) is 19.2 Å². The van der Waals surface area contributed by atoms with Crippen LogP contribution in [0.25, 0.3) is 0 Å². The quantitative estimate of drug-likeness (QED) is 0.00596. The van der Waals surface area contributed by atoms with Gasteiger partial charge >= 0.3 is 36.1 Å². The summed E-state index contributed by atoms with van der Waals surface area (Å²) < 4.78 is 191. The number of carbonyl (C=O) groups excluding carboxylic acids is 4. The van der Waals surface area contributed by atoms with Crippen LogP contribution in [-0.2, 0) is 78.9 Å². The SMILES string of the molecule is C=CCCCCCC(=O)C(CCCC(F)(F)C(F)(F)F)C(=O)OCC.C=CC[C@@H]1c2ccc(OCOC)cc2OC[C@]1(C)c1ccc(OCOC)cc1.CC.CCOC(=O)C(CCCC(F)(F)C(F)(F)F)C(=O)CCCCCCCC[C@@H]1c2ccc(OCOC)cc2OC[C@]1(C)c1ccc(OCOC)cc1.[CH3-].[Pd]. The third-order valence-electron chi connectivity index (χ3n) is 18.3. The van der Waals surface area contributed by atoms with Gasteiger partial charge in [0.05, 0.1) is 26.4 Å². The largest absolute Gasteiger partial charge is 0.492 e. The van der Waals surface area contributed by atoms with Crippen molar-refractivity contribution >= 4 is 23.5 Å². The Morgan fingerprint density at radius 3 is 1.19 bits per heavy atom. The van der Waals surface area contributed by atoms with Gasteiger partial charge in [-0.2, -0.15) is 43.9 Å². The first-order chi connectivity index (χ1) is 50.4. The smallest absolute Gasteiger partial charge is 0.453 e. The van der Waals surface area contributed by atoms with Crippen molar-refractivity contribution in [3.05, 3.63) is 140 Å². The van der Waals surface area contributed by atoms with Crippen molar-refractivity contribution in [1.29, 1.82) is 0 Å². The minimum Gasteiger partial charge on any atom is -0.492 e. The first kappa shape index (κ1) is 99.3. The minimum absolute atomic E-state index is 0. The molecule has 0 saturated heterocycles.